The van der Waals surface area contributed by atoms with E-state index >= 15 is 0 Å². The second kappa shape index (κ2) is 10.1. The van der Waals surface area contributed by atoms with Gasteiger partial charge < -0.3 is 24.7 Å². The quantitative estimate of drug-likeness (QED) is 0.426. The molecular formula is C27H27FN2O5. The van der Waals surface area contributed by atoms with Crippen molar-refractivity contribution in [1.29, 1.82) is 0 Å². The fourth-order valence-electron chi connectivity index (χ4n) is 4.40. The lowest BCUT2D eigenvalue weighted by atomic mass is 9.97. The summed E-state index contributed by atoms with van der Waals surface area (Å²) in [5, 5.41) is 13.3. The highest BCUT2D eigenvalue weighted by atomic mass is 19.1. The second-order valence-electron chi connectivity index (χ2n) is 8.20. The van der Waals surface area contributed by atoms with E-state index in [1.807, 2.05) is 13.0 Å². The van der Waals surface area contributed by atoms with Crippen molar-refractivity contribution in [2.45, 2.75) is 25.9 Å². The minimum atomic E-state index is -0.847. The highest BCUT2D eigenvalue weighted by Gasteiger charge is 2.32. The molecule has 0 spiro atoms. The molecule has 1 unspecified atom stereocenters. The van der Waals surface area contributed by atoms with Crippen molar-refractivity contribution in [3.8, 4) is 17.2 Å². The first-order chi connectivity index (χ1) is 16.8. The van der Waals surface area contributed by atoms with Crippen LogP contribution < -0.4 is 20.5 Å². The summed E-state index contributed by atoms with van der Waals surface area (Å²) in [6.45, 7) is 2.18. The van der Waals surface area contributed by atoms with Crippen LogP contribution in [0.3, 0.4) is 0 Å². The van der Waals surface area contributed by atoms with E-state index in [4.69, 9.17) is 19.6 Å². The molecule has 4 rings (SSSR count). The average Bonchev–Trinajstić information content (AvgIpc) is 3.45. The first-order valence-corrected chi connectivity index (χ1v) is 11.0. The smallest absolute Gasteiger partial charge is 0.239 e. The molecule has 1 amide bonds. The Morgan fingerprint density at radius 3 is 2.49 bits per heavy atom. The summed E-state index contributed by atoms with van der Waals surface area (Å²) >= 11 is 0. The number of benzene rings is 2. The number of halogens is 1. The molecule has 0 fully saturated rings. The van der Waals surface area contributed by atoms with Crippen LogP contribution in [0.15, 0.2) is 64.8 Å². The number of carbonyl (C=O) groups excluding carboxylic acids is 1. The lowest BCUT2D eigenvalue weighted by Crippen LogP contribution is -2.41. The molecule has 182 valence electrons. The van der Waals surface area contributed by atoms with Crippen molar-refractivity contribution in [1.82, 2.24) is 5.32 Å². The maximum atomic E-state index is 14.3. The number of ether oxygens (including phenoxy) is 2. The number of amides is 1. The fourth-order valence-corrected chi connectivity index (χ4v) is 4.40. The number of furan rings is 1. The van der Waals surface area contributed by atoms with Gasteiger partial charge in [0.1, 0.15) is 17.6 Å². The SMILES string of the molecule is COc1cc(C/C=C2/C(C)=C(C(NCc3ccco3)C(N)=O)c3cc(F)ccc32)cc(OC)c1O. The Morgan fingerprint density at radius 2 is 1.89 bits per heavy atom. The van der Waals surface area contributed by atoms with Gasteiger partial charge in [-0.15, -0.1) is 0 Å². The molecular weight excluding hydrogens is 451 g/mol. The van der Waals surface area contributed by atoms with Gasteiger partial charge in [-0.3, -0.25) is 10.1 Å². The lowest BCUT2D eigenvalue weighted by Gasteiger charge is -2.18. The third-order valence-corrected chi connectivity index (χ3v) is 6.09. The van der Waals surface area contributed by atoms with Crippen LogP contribution in [0.25, 0.3) is 11.1 Å². The van der Waals surface area contributed by atoms with Crippen LogP contribution in [0.5, 0.6) is 17.2 Å². The van der Waals surface area contributed by atoms with E-state index in [2.05, 4.69) is 5.32 Å². The first kappa shape index (κ1) is 24.1. The lowest BCUT2D eigenvalue weighted by molar-refractivity contribution is -0.118. The Bertz CT molecular complexity index is 1290. The molecule has 0 saturated carbocycles. The van der Waals surface area contributed by atoms with Gasteiger partial charge >= 0.3 is 0 Å². The second-order valence-corrected chi connectivity index (χ2v) is 8.20. The van der Waals surface area contributed by atoms with E-state index in [-0.39, 0.29) is 12.3 Å². The molecule has 7 nitrogen and oxygen atoms in total. The molecule has 4 N–H and O–H groups in total. The minimum Gasteiger partial charge on any atom is -0.502 e. The van der Waals surface area contributed by atoms with Crippen molar-refractivity contribution in [2.24, 2.45) is 5.73 Å². The number of fused-ring (bicyclic) bond motifs is 1. The summed E-state index contributed by atoms with van der Waals surface area (Å²) < 4.78 is 30.1. The summed E-state index contributed by atoms with van der Waals surface area (Å²) in [6.07, 6.45) is 4.02. The van der Waals surface area contributed by atoms with Gasteiger partial charge in [-0.2, -0.15) is 0 Å². The highest BCUT2D eigenvalue weighted by Crippen LogP contribution is 2.44. The van der Waals surface area contributed by atoms with Crippen molar-refractivity contribution in [3.05, 3.63) is 88.6 Å². The first-order valence-electron chi connectivity index (χ1n) is 11.0. The Kier molecular flexibility index (Phi) is 6.93. The maximum Gasteiger partial charge on any atom is 0.239 e. The van der Waals surface area contributed by atoms with Crippen molar-refractivity contribution in [2.75, 3.05) is 14.2 Å². The van der Waals surface area contributed by atoms with Gasteiger partial charge in [-0.05, 0) is 83.2 Å². The number of methoxy groups -OCH3 is 2. The molecule has 0 radical (unpaired) electrons. The van der Waals surface area contributed by atoms with Crippen molar-refractivity contribution < 1.29 is 28.2 Å². The molecule has 1 atom stereocenters. The van der Waals surface area contributed by atoms with Crippen molar-refractivity contribution in [3.63, 3.8) is 0 Å². The van der Waals surface area contributed by atoms with Crippen molar-refractivity contribution >= 4 is 17.1 Å². The number of hydrogen-bond acceptors (Lipinski definition) is 6. The zero-order valence-corrected chi connectivity index (χ0v) is 19.7. The topological polar surface area (TPSA) is 107 Å². The van der Waals surface area contributed by atoms with Gasteiger partial charge in [0.15, 0.2) is 11.5 Å². The van der Waals surface area contributed by atoms with Crippen LogP contribution in [0.1, 0.15) is 29.4 Å². The van der Waals surface area contributed by atoms with Gasteiger partial charge in [-0.1, -0.05) is 12.1 Å². The van der Waals surface area contributed by atoms with Crippen LogP contribution in [-0.2, 0) is 17.8 Å². The average molecular weight is 479 g/mol. The molecule has 8 heteroatoms. The molecule has 1 heterocycles. The monoisotopic (exact) mass is 478 g/mol. The zero-order chi connectivity index (χ0) is 25.1. The van der Waals surface area contributed by atoms with Crippen LogP contribution in [0.4, 0.5) is 4.39 Å². The van der Waals surface area contributed by atoms with E-state index in [0.29, 0.717) is 34.8 Å². The Morgan fingerprint density at radius 1 is 1.17 bits per heavy atom. The molecule has 0 aliphatic heterocycles. The Labute approximate surface area is 202 Å². The van der Waals surface area contributed by atoms with Crippen LogP contribution in [-0.4, -0.2) is 31.3 Å². The summed E-state index contributed by atoms with van der Waals surface area (Å²) in [4.78, 5) is 12.5. The van der Waals surface area contributed by atoms with Crippen LogP contribution in [0.2, 0.25) is 0 Å². The Balaban J connectivity index is 1.73. The summed E-state index contributed by atoms with van der Waals surface area (Å²) in [5.74, 6) is 0.204. The molecule has 2 aromatic carbocycles. The fraction of sp³-hybridized carbons (Fsp3) is 0.222. The molecule has 0 bridgehead atoms. The number of aromatic hydroxyl groups is 1. The maximum absolute atomic E-state index is 14.3. The van der Waals surface area contributed by atoms with Gasteiger partial charge in [0.25, 0.3) is 0 Å². The predicted molar refractivity (Wildman–Crippen MR) is 130 cm³/mol. The van der Waals surface area contributed by atoms with Crippen LogP contribution in [0, 0.1) is 5.82 Å². The number of phenols is 1. The van der Waals surface area contributed by atoms with E-state index in [0.717, 1.165) is 22.3 Å². The number of rotatable bonds is 9. The zero-order valence-electron chi connectivity index (χ0n) is 19.7. The number of primary amides is 1. The third kappa shape index (κ3) is 4.79. The largest absolute Gasteiger partial charge is 0.502 e. The van der Waals surface area contributed by atoms with E-state index < -0.39 is 17.8 Å². The normalized spacial score (nSPS) is 14.8. The summed E-state index contributed by atoms with van der Waals surface area (Å²) in [7, 11) is 2.94. The molecule has 3 aromatic rings. The predicted octanol–water partition coefficient (Wildman–Crippen LogP) is 4.20. The van der Waals surface area contributed by atoms with Gasteiger partial charge in [-0.25, -0.2) is 4.39 Å². The van der Waals surface area contributed by atoms with Crippen LogP contribution >= 0.6 is 0 Å². The molecule has 1 aliphatic carbocycles. The number of carbonyl (C=O) groups is 1. The van der Waals surface area contributed by atoms with E-state index in [1.165, 1.54) is 26.4 Å². The highest BCUT2D eigenvalue weighted by molar-refractivity contribution is 6.07. The number of nitrogens with one attached hydrogen (secondary N) is 1. The summed E-state index contributed by atoms with van der Waals surface area (Å²) in [6, 6.07) is 10.7. The Hall–Kier alpha value is -4.04. The number of hydrogen-bond donors (Lipinski definition) is 3. The van der Waals surface area contributed by atoms with E-state index in [1.54, 1.807) is 36.6 Å². The molecule has 1 aliphatic rings. The summed E-state index contributed by atoms with van der Waals surface area (Å²) in [5.41, 5.74) is 10.4. The van der Waals surface area contributed by atoms with Gasteiger partial charge in [0.05, 0.1) is 27.0 Å². The minimum absolute atomic E-state index is 0.0709. The molecule has 0 saturated heterocycles. The number of phenolic OH excluding ortho intramolecular Hbond substituents is 1. The molecule has 35 heavy (non-hydrogen) atoms. The number of allylic oxidation sites excluding steroid dienone is 3. The third-order valence-electron chi connectivity index (χ3n) is 6.09. The molecule has 1 aromatic heterocycles. The van der Waals surface area contributed by atoms with E-state index in [9.17, 15) is 14.3 Å². The number of nitrogens with two attached hydrogens (primary N) is 1. The van der Waals surface area contributed by atoms with Gasteiger partial charge in [0.2, 0.25) is 11.7 Å². The van der Waals surface area contributed by atoms with Gasteiger partial charge in [0, 0.05) is 0 Å². The standard InChI is InChI=1S/C27H27FN2O5/c1-15-19(8-6-16-11-22(33-2)26(31)23(12-16)34-3)20-9-7-17(28)13-21(20)24(15)25(27(29)32)30-14-18-5-4-10-35-18/h4-5,7-13,25,30-31H,6,14H2,1-3H3,(H2,29,32)/b19-8-.